The minimum Gasteiger partial charge on any atom is -0.496 e. The van der Waals surface area contributed by atoms with Gasteiger partial charge in [0.2, 0.25) is 0 Å². The Bertz CT molecular complexity index is 894. The fourth-order valence-corrected chi connectivity index (χ4v) is 3.27. The Labute approximate surface area is 170 Å². The standard InChI is InChI=1S/C20H28N6O3/c1-20(2,3)13-26-22-12-16(23-26)15-6-5-14(11-17(15)29-4)18(27)24-7-9-25(10-8-24)19(21)28/h5-6,11-12H,7-10,13H2,1-4H3,(H2,21,28). The van der Waals surface area contributed by atoms with Crippen molar-refractivity contribution < 1.29 is 14.3 Å². The van der Waals surface area contributed by atoms with Crippen molar-refractivity contribution in [1.82, 2.24) is 24.8 Å². The van der Waals surface area contributed by atoms with Crippen LogP contribution in [0.15, 0.2) is 24.4 Å². The summed E-state index contributed by atoms with van der Waals surface area (Å²) in [4.78, 5) is 29.0. The van der Waals surface area contributed by atoms with Gasteiger partial charge in [0.15, 0.2) is 0 Å². The Hall–Kier alpha value is -3.10. The van der Waals surface area contributed by atoms with Crippen molar-refractivity contribution in [3.05, 3.63) is 30.0 Å². The molecule has 29 heavy (non-hydrogen) atoms. The highest BCUT2D eigenvalue weighted by Crippen LogP contribution is 2.30. The molecule has 9 heteroatoms. The quantitative estimate of drug-likeness (QED) is 0.843. The van der Waals surface area contributed by atoms with E-state index in [4.69, 9.17) is 10.5 Å². The van der Waals surface area contributed by atoms with Gasteiger partial charge in [-0.3, -0.25) is 4.79 Å². The highest BCUT2D eigenvalue weighted by molar-refractivity contribution is 5.95. The first-order valence-corrected chi connectivity index (χ1v) is 9.60. The average Bonchev–Trinajstić information content (AvgIpc) is 3.13. The number of hydrogen-bond donors (Lipinski definition) is 1. The van der Waals surface area contributed by atoms with Crippen LogP contribution in [-0.4, -0.2) is 70.0 Å². The van der Waals surface area contributed by atoms with Gasteiger partial charge in [0, 0.05) is 37.3 Å². The van der Waals surface area contributed by atoms with Gasteiger partial charge in [-0.05, 0) is 23.6 Å². The van der Waals surface area contributed by atoms with Crippen LogP contribution in [0.4, 0.5) is 4.79 Å². The van der Waals surface area contributed by atoms with Crippen molar-refractivity contribution in [3.63, 3.8) is 0 Å². The number of aromatic nitrogens is 3. The van der Waals surface area contributed by atoms with Gasteiger partial charge in [-0.1, -0.05) is 20.8 Å². The predicted octanol–water partition coefficient (Wildman–Crippen LogP) is 1.84. The Kier molecular flexibility index (Phi) is 5.76. The molecule has 0 saturated carbocycles. The van der Waals surface area contributed by atoms with Gasteiger partial charge in [-0.2, -0.15) is 15.0 Å². The van der Waals surface area contributed by atoms with Crippen molar-refractivity contribution >= 4 is 11.9 Å². The number of amides is 3. The zero-order valence-corrected chi connectivity index (χ0v) is 17.4. The minimum atomic E-state index is -0.456. The molecule has 0 bridgehead atoms. The van der Waals surface area contributed by atoms with Crippen molar-refractivity contribution in [1.29, 1.82) is 0 Å². The highest BCUT2D eigenvalue weighted by Gasteiger charge is 2.24. The number of primary amides is 1. The van der Waals surface area contributed by atoms with Gasteiger partial charge in [-0.15, -0.1) is 0 Å². The molecule has 0 atom stereocenters. The Morgan fingerprint density at radius 1 is 1.14 bits per heavy atom. The summed E-state index contributed by atoms with van der Waals surface area (Å²) < 4.78 is 5.52. The molecular formula is C20H28N6O3. The van der Waals surface area contributed by atoms with Crippen LogP contribution in [0.25, 0.3) is 11.3 Å². The second-order valence-corrected chi connectivity index (χ2v) is 8.35. The SMILES string of the molecule is COc1cc(C(=O)N2CCN(C(N)=O)CC2)ccc1-c1cnn(CC(C)(C)C)n1. The van der Waals surface area contributed by atoms with Crippen molar-refractivity contribution in [3.8, 4) is 17.0 Å². The van der Waals surface area contributed by atoms with E-state index in [1.54, 1.807) is 35.1 Å². The molecule has 3 rings (SSSR count). The van der Waals surface area contributed by atoms with Crippen molar-refractivity contribution in [2.75, 3.05) is 33.3 Å². The van der Waals surface area contributed by atoms with Crippen molar-refractivity contribution in [2.24, 2.45) is 11.1 Å². The number of ether oxygens (including phenoxy) is 1. The number of methoxy groups -OCH3 is 1. The Morgan fingerprint density at radius 2 is 1.79 bits per heavy atom. The lowest BCUT2D eigenvalue weighted by molar-refractivity contribution is 0.0669. The predicted molar refractivity (Wildman–Crippen MR) is 109 cm³/mol. The van der Waals surface area contributed by atoms with Crippen molar-refractivity contribution in [2.45, 2.75) is 27.3 Å². The number of nitrogens with two attached hydrogens (primary N) is 1. The molecule has 1 saturated heterocycles. The lowest BCUT2D eigenvalue weighted by Crippen LogP contribution is -2.52. The maximum absolute atomic E-state index is 12.9. The minimum absolute atomic E-state index is 0.0647. The fraction of sp³-hybridized carbons (Fsp3) is 0.500. The Balaban J connectivity index is 1.77. The first-order valence-electron chi connectivity index (χ1n) is 9.60. The van der Waals surface area contributed by atoms with Crippen LogP contribution in [0.3, 0.4) is 0 Å². The molecule has 0 aliphatic carbocycles. The van der Waals surface area contributed by atoms with Gasteiger partial charge in [-0.25, -0.2) is 4.79 Å². The molecular weight excluding hydrogens is 372 g/mol. The number of hydrogen-bond acceptors (Lipinski definition) is 5. The van der Waals surface area contributed by atoms with E-state index in [1.165, 1.54) is 4.90 Å². The van der Waals surface area contributed by atoms with Gasteiger partial charge in [0.1, 0.15) is 11.4 Å². The molecule has 1 aromatic carbocycles. The van der Waals surface area contributed by atoms with Crippen LogP contribution in [-0.2, 0) is 6.54 Å². The summed E-state index contributed by atoms with van der Waals surface area (Å²) in [5.41, 5.74) is 7.37. The summed E-state index contributed by atoms with van der Waals surface area (Å²) in [7, 11) is 1.57. The molecule has 3 amide bonds. The maximum atomic E-state index is 12.9. The number of urea groups is 1. The monoisotopic (exact) mass is 400 g/mol. The number of benzene rings is 1. The summed E-state index contributed by atoms with van der Waals surface area (Å²) in [6.07, 6.45) is 1.70. The van der Waals surface area contributed by atoms with E-state index < -0.39 is 6.03 Å². The summed E-state index contributed by atoms with van der Waals surface area (Å²) in [6, 6.07) is 4.87. The number of piperazine rings is 1. The molecule has 156 valence electrons. The van der Waals surface area contributed by atoms with Gasteiger partial charge in [0.25, 0.3) is 5.91 Å². The lowest BCUT2D eigenvalue weighted by Gasteiger charge is -2.33. The molecule has 1 aromatic heterocycles. The molecule has 0 unspecified atom stereocenters. The van der Waals surface area contributed by atoms with Crippen LogP contribution < -0.4 is 10.5 Å². The zero-order valence-electron chi connectivity index (χ0n) is 17.4. The smallest absolute Gasteiger partial charge is 0.314 e. The number of nitrogens with zero attached hydrogens (tertiary/aromatic N) is 5. The molecule has 9 nitrogen and oxygen atoms in total. The molecule has 2 heterocycles. The summed E-state index contributed by atoms with van der Waals surface area (Å²) >= 11 is 0. The third-order valence-electron chi connectivity index (χ3n) is 4.76. The first-order chi connectivity index (χ1) is 13.7. The van der Waals surface area contributed by atoms with E-state index in [0.717, 1.165) is 5.56 Å². The number of rotatable bonds is 4. The van der Waals surface area contributed by atoms with Gasteiger partial charge < -0.3 is 20.3 Å². The second kappa shape index (κ2) is 8.10. The van der Waals surface area contributed by atoms with Crippen LogP contribution in [0.1, 0.15) is 31.1 Å². The maximum Gasteiger partial charge on any atom is 0.314 e. The highest BCUT2D eigenvalue weighted by atomic mass is 16.5. The number of carbonyl (C=O) groups excluding carboxylic acids is 2. The topological polar surface area (TPSA) is 107 Å². The van der Waals surface area contributed by atoms with E-state index in [-0.39, 0.29) is 11.3 Å². The molecule has 0 spiro atoms. The molecule has 0 radical (unpaired) electrons. The number of carbonyl (C=O) groups is 2. The van der Waals surface area contributed by atoms with Crippen LogP contribution in [0.2, 0.25) is 0 Å². The summed E-state index contributed by atoms with van der Waals surface area (Å²) in [5.74, 6) is 0.463. The third-order valence-corrected chi connectivity index (χ3v) is 4.76. The summed E-state index contributed by atoms with van der Waals surface area (Å²) in [5, 5.41) is 8.88. The van der Waals surface area contributed by atoms with E-state index in [9.17, 15) is 9.59 Å². The second-order valence-electron chi connectivity index (χ2n) is 8.35. The normalized spacial score (nSPS) is 14.8. The molecule has 1 aliphatic heterocycles. The fourth-order valence-electron chi connectivity index (χ4n) is 3.27. The lowest BCUT2D eigenvalue weighted by atomic mass is 9.97. The van der Waals surface area contributed by atoms with Gasteiger partial charge in [0.05, 0.1) is 19.9 Å². The average molecular weight is 400 g/mol. The van der Waals surface area contributed by atoms with Gasteiger partial charge >= 0.3 is 6.03 Å². The van der Waals surface area contributed by atoms with Crippen LogP contribution in [0, 0.1) is 5.41 Å². The largest absolute Gasteiger partial charge is 0.496 e. The molecule has 2 aromatic rings. The first kappa shape index (κ1) is 20.6. The van der Waals surface area contributed by atoms with E-state index in [0.29, 0.717) is 49.7 Å². The van der Waals surface area contributed by atoms with E-state index in [1.807, 2.05) is 6.07 Å². The molecule has 2 N–H and O–H groups in total. The Morgan fingerprint density at radius 3 is 2.38 bits per heavy atom. The zero-order chi connectivity index (χ0) is 21.2. The molecule has 1 aliphatic rings. The molecule has 1 fully saturated rings. The van der Waals surface area contributed by atoms with E-state index >= 15 is 0 Å². The third kappa shape index (κ3) is 4.85. The van der Waals surface area contributed by atoms with Crippen LogP contribution >= 0.6 is 0 Å². The van der Waals surface area contributed by atoms with E-state index in [2.05, 4.69) is 31.0 Å². The summed E-state index contributed by atoms with van der Waals surface area (Å²) in [6.45, 7) is 8.85. The van der Waals surface area contributed by atoms with Crippen LogP contribution in [0.5, 0.6) is 5.75 Å².